The second-order valence-electron chi connectivity index (χ2n) is 3.59. The minimum absolute atomic E-state index is 0.160. The van der Waals surface area contributed by atoms with E-state index in [0.29, 0.717) is 0 Å². The van der Waals surface area contributed by atoms with E-state index in [9.17, 15) is 13.6 Å². The fourth-order valence-electron chi connectivity index (χ4n) is 1.26. The number of urea groups is 1. The molecule has 0 spiro atoms. The predicted molar refractivity (Wildman–Crippen MR) is 73.4 cm³/mol. The first kappa shape index (κ1) is 14.4. The standard InChI is InChI=1S/C10H8ClF2N5OS/c11-7-1-5(4(14)3-15-7)16-10(19)17-8-2-6(9(12)13)18-20-8/h1-3,9H,14H2,(H2,15,16,17,19). The number of carbonyl (C=O) groups excluding carboxylic acids is 1. The second kappa shape index (κ2) is 5.97. The fraction of sp³-hybridized carbons (Fsp3) is 0.100. The first-order chi connectivity index (χ1) is 9.45. The second-order valence-corrected chi connectivity index (χ2v) is 4.78. The van der Waals surface area contributed by atoms with E-state index in [2.05, 4.69) is 20.0 Å². The lowest BCUT2D eigenvalue weighted by Crippen LogP contribution is -2.19. The Morgan fingerprint density at radius 3 is 2.80 bits per heavy atom. The molecule has 10 heteroatoms. The van der Waals surface area contributed by atoms with Crippen LogP contribution in [0.1, 0.15) is 12.1 Å². The molecule has 0 saturated heterocycles. The first-order valence-corrected chi connectivity index (χ1v) is 6.34. The Labute approximate surface area is 121 Å². The average Bonchev–Trinajstić information content (AvgIpc) is 2.82. The number of aromatic nitrogens is 2. The molecule has 0 atom stereocenters. The highest BCUT2D eigenvalue weighted by Gasteiger charge is 2.14. The number of nitrogen functional groups attached to an aromatic ring is 1. The average molecular weight is 320 g/mol. The van der Waals surface area contributed by atoms with Crippen molar-refractivity contribution in [3.8, 4) is 0 Å². The Hall–Kier alpha value is -2.00. The van der Waals surface area contributed by atoms with E-state index < -0.39 is 18.2 Å². The normalized spacial score (nSPS) is 10.6. The van der Waals surface area contributed by atoms with Crippen molar-refractivity contribution in [1.82, 2.24) is 9.36 Å². The largest absolute Gasteiger partial charge is 0.396 e. The molecular formula is C10H8ClF2N5OS. The number of anilines is 3. The number of alkyl halides is 2. The van der Waals surface area contributed by atoms with Gasteiger partial charge >= 0.3 is 6.03 Å². The summed E-state index contributed by atoms with van der Waals surface area (Å²) >= 11 is 6.42. The van der Waals surface area contributed by atoms with Gasteiger partial charge in [-0.25, -0.2) is 18.6 Å². The SMILES string of the molecule is Nc1cnc(Cl)cc1NC(=O)Nc1cc(C(F)F)ns1. The van der Waals surface area contributed by atoms with Gasteiger partial charge in [0.15, 0.2) is 0 Å². The maximum absolute atomic E-state index is 12.3. The number of hydrogen-bond acceptors (Lipinski definition) is 5. The summed E-state index contributed by atoms with van der Waals surface area (Å²) in [7, 11) is 0. The number of nitrogens with zero attached hydrogens (tertiary/aromatic N) is 2. The van der Waals surface area contributed by atoms with E-state index in [1.54, 1.807) is 0 Å². The molecule has 2 rings (SSSR count). The highest BCUT2D eigenvalue weighted by Crippen LogP contribution is 2.25. The third-order valence-corrected chi connectivity index (χ3v) is 3.06. The number of nitrogens with one attached hydrogen (secondary N) is 2. The molecule has 0 aliphatic rings. The van der Waals surface area contributed by atoms with Crippen molar-refractivity contribution in [3.05, 3.63) is 29.2 Å². The lowest BCUT2D eigenvalue weighted by atomic mass is 10.3. The van der Waals surface area contributed by atoms with Crippen molar-refractivity contribution in [3.63, 3.8) is 0 Å². The zero-order chi connectivity index (χ0) is 14.7. The van der Waals surface area contributed by atoms with E-state index in [4.69, 9.17) is 17.3 Å². The minimum atomic E-state index is -2.68. The Balaban J connectivity index is 2.03. The zero-order valence-electron chi connectivity index (χ0n) is 9.73. The number of rotatable bonds is 3. The van der Waals surface area contributed by atoms with Gasteiger partial charge in [0.2, 0.25) is 0 Å². The maximum Gasteiger partial charge on any atom is 0.324 e. The van der Waals surface area contributed by atoms with Crippen LogP contribution in [0.25, 0.3) is 0 Å². The van der Waals surface area contributed by atoms with Crippen LogP contribution in [0.4, 0.5) is 30.0 Å². The first-order valence-electron chi connectivity index (χ1n) is 5.19. The number of amides is 2. The summed E-state index contributed by atoms with van der Waals surface area (Å²) in [6.45, 7) is 0. The summed E-state index contributed by atoms with van der Waals surface area (Å²) in [5.74, 6) is 0. The van der Waals surface area contributed by atoms with Gasteiger partial charge in [-0.1, -0.05) is 11.6 Å². The van der Waals surface area contributed by atoms with Crippen LogP contribution >= 0.6 is 23.1 Å². The number of hydrogen-bond donors (Lipinski definition) is 3. The molecule has 6 nitrogen and oxygen atoms in total. The van der Waals surface area contributed by atoms with Gasteiger partial charge in [-0.15, -0.1) is 0 Å². The van der Waals surface area contributed by atoms with E-state index in [1.807, 2.05) is 0 Å². The third-order valence-electron chi connectivity index (χ3n) is 2.14. The summed E-state index contributed by atoms with van der Waals surface area (Å²) in [5, 5.41) is 5.15. The fourth-order valence-corrected chi connectivity index (χ4v) is 2.07. The molecule has 0 aliphatic heterocycles. The molecular weight excluding hydrogens is 312 g/mol. The van der Waals surface area contributed by atoms with Gasteiger partial charge in [-0.2, -0.15) is 4.37 Å². The molecule has 0 aliphatic carbocycles. The Kier molecular flexibility index (Phi) is 4.30. The van der Waals surface area contributed by atoms with Crippen molar-refractivity contribution >= 4 is 45.5 Å². The number of carbonyl (C=O) groups is 1. The smallest absolute Gasteiger partial charge is 0.324 e. The highest BCUT2D eigenvalue weighted by atomic mass is 35.5. The van der Waals surface area contributed by atoms with Crippen LogP contribution in [-0.4, -0.2) is 15.4 Å². The third kappa shape index (κ3) is 3.52. The lowest BCUT2D eigenvalue weighted by molar-refractivity contribution is 0.147. The zero-order valence-corrected chi connectivity index (χ0v) is 11.3. The van der Waals surface area contributed by atoms with Crippen molar-refractivity contribution in [2.75, 3.05) is 16.4 Å². The van der Waals surface area contributed by atoms with Crippen LogP contribution in [0.2, 0.25) is 5.15 Å². The Morgan fingerprint density at radius 1 is 1.40 bits per heavy atom. The summed E-state index contributed by atoms with van der Waals surface area (Å²) in [6.07, 6.45) is -1.39. The highest BCUT2D eigenvalue weighted by molar-refractivity contribution is 7.10. The number of halogens is 3. The van der Waals surface area contributed by atoms with Crippen LogP contribution in [-0.2, 0) is 0 Å². The van der Waals surface area contributed by atoms with Crippen LogP contribution in [0.5, 0.6) is 0 Å². The van der Waals surface area contributed by atoms with Crippen LogP contribution in [0, 0.1) is 0 Å². The number of pyridine rings is 1. The molecule has 4 N–H and O–H groups in total. The Morgan fingerprint density at radius 2 is 2.15 bits per heavy atom. The van der Waals surface area contributed by atoms with Gasteiger partial charge in [-0.05, 0) is 11.5 Å². The van der Waals surface area contributed by atoms with Crippen molar-refractivity contribution in [2.45, 2.75) is 6.43 Å². The van der Waals surface area contributed by atoms with Gasteiger partial charge in [0.05, 0.1) is 17.6 Å². The number of nitrogens with two attached hydrogens (primary N) is 1. The van der Waals surface area contributed by atoms with Crippen molar-refractivity contribution < 1.29 is 13.6 Å². The molecule has 0 unspecified atom stereocenters. The molecule has 0 fully saturated rings. The van der Waals surface area contributed by atoms with Gasteiger partial charge < -0.3 is 11.1 Å². The molecule has 2 aromatic rings. The van der Waals surface area contributed by atoms with Crippen molar-refractivity contribution in [2.24, 2.45) is 0 Å². The van der Waals surface area contributed by atoms with E-state index in [1.165, 1.54) is 12.3 Å². The predicted octanol–water partition coefficient (Wildman–Crippen LogP) is 3.36. The molecule has 2 aromatic heterocycles. The van der Waals surface area contributed by atoms with Gasteiger partial charge in [0.25, 0.3) is 6.43 Å². The van der Waals surface area contributed by atoms with E-state index >= 15 is 0 Å². The maximum atomic E-state index is 12.3. The Bertz CT molecular complexity index is 636. The van der Waals surface area contributed by atoms with Crippen LogP contribution < -0.4 is 16.4 Å². The van der Waals surface area contributed by atoms with Gasteiger partial charge in [-0.3, -0.25) is 5.32 Å². The lowest BCUT2D eigenvalue weighted by Gasteiger charge is -2.08. The molecule has 2 heterocycles. The van der Waals surface area contributed by atoms with E-state index in [0.717, 1.165) is 17.6 Å². The van der Waals surface area contributed by atoms with Crippen LogP contribution in [0.15, 0.2) is 18.3 Å². The molecule has 0 saturated carbocycles. The molecule has 0 aromatic carbocycles. The molecule has 106 valence electrons. The van der Waals surface area contributed by atoms with Gasteiger partial charge in [0.1, 0.15) is 15.8 Å². The van der Waals surface area contributed by atoms with E-state index in [-0.39, 0.29) is 21.5 Å². The van der Waals surface area contributed by atoms with Crippen LogP contribution in [0.3, 0.4) is 0 Å². The molecule has 0 radical (unpaired) electrons. The molecule has 0 bridgehead atoms. The topological polar surface area (TPSA) is 92.9 Å². The summed E-state index contributed by atoms with van der Waals surface area (Å²) in [4.78, 5) is 15.4. The minimum Gasteiger partial charge on any atom is -0.396 e. The summed E-state index contributed by atoms with van der Waals surface area (Å²) < 4.78 is 28.2. The summed E-state index contributed by atoms with van der Waals surface area (Å²) in [5.41, 5.74) is 5.70. The molecule has 20 heavy (non-hydrogen) atoms. The van der Waals surface area contributed by atoms with Crippen molar-refractivity contribution in [1.29, 1.82) is 0 Å². The van der Waals surface area contributed by atoms with Gasteiger partial charge in [0, 0.05) is 12.1 Å². The molecule has 2 amide bonds. The summed E-state index contributed by atoms with van der Waals surface area (Å²) in [6, 6.07) is 1.81. The quantitative estimate of drug-likeness (QED) is 0.756. The monoisotopic (exact) mass is 319 g/mol.